The molecule has 1 amide bonds. The number of ketones is 1. The SMILES string of the molecule is CCC[C@H](NC(=O)COc1ccc(C)c2c1C(=O)C[C@H]2C)c1ccccc1. The van der Waals surface area contributed by atoms with E-state index >= 15 is 0 Å². The van der Waals surface area contributed by atoms with Gasteiger partial charge in [-0.2, -0.15) is 0 Å². The quantitative estimate of drug-likeness (QED) is 0.772. The fraction of sp³-hybridized carbons (Fsp3) is 0.391. The minimum absolute atomic E-state index is 0.0299. The second-order valence-electron chi connectivity index (χ2n) is 7.31. The van der Waals surface area contributed by atoms with Crippen molar-refractivity contribution in [3.63, 3.8) is 0 Å². The minimum atomic E-state index is -0.176. The molecular formula is C23H27NO3. The summed E-state index contributed by atoms with van der Waals surface area (Å²) < 4.78 is 5.77. The van der Waals surface area contributed by atoms with Gasteiger partial charge >= 0.3 is 0 Å². The smallest absolute Gasteiger partial charge is 0.258 e. The zero-order chi connectivity index (χ0) is 19.4. The summed E-state index contributed by atoms with van der Waals surface area (Å²) in [5, 5.41) is 3.05. The fourth-order valence-electron chi connectivity index (χ4n) is 3.90. The lowest BCUT2D eigenvalue weighted by Gasteiger charge is -2.19. The van der Waals surface area contributed by atoms with E-state index in [1.807, 2.05) is 43.3 Å². The minimum Gasteiger partial charge on any atom is -0.483 e. The molecule has 1 aliphatic rings. The molecule has 0 fully saturated rings. The highest BCUT2D eigenvalue weighted by Crippen LogP contribution is 2.40. The molecule has 0 radical (unpaired) electrons. The molecule has 0 saturated heterocycles. The van der Waals surface area contributed by atoms with E-state index in [4.69, 9.17) is 4.74 Å². The van der Waals surface area contributed by atoms with E-state index in [2.05, 4.69) is 19.2 Å². The first-order chi connectivity index (χ1) is 13.0. The molecule has 0 bridgehead atoms. The van der Waals surface area contributed by atoms with Gasteiger partial charge in [0.25, 0.3) is 5.91 Å². The summed E-state index contributed by atoms with van der Waals surface area (Å²) >= 11 is 0. The highest BCUT2D eigenvalue weighted by atomic mass is 16.5. The number of hydrogen-bond acceptors (Lipinski definition) is 3. The highest BCUT2D eigenvalue weighted by molar-refractivity contribution is 6.04. The first kappa shape index (κ1) is 19.2. The van der Waals surface area contributed by atoms with Gasteiger partial charge in [-0.1, -0.05) is 56.7 Å². The summed E-state index contributed by atoms with van der Waals surface area (Å²) in [6, 6.07) is 13.7. The van der Waals surface area contributed by atoms with E-state index in [0.29, 0.717) is 17.7 Å². The molecule has 2 aromatic carbocycles. The van der Waals surface area contributed by atoms with Crippen molar-refractivity contribution in [2.75, 3.05) is 6.61 Å². The maximum absolute atomic E-state index is 12.5. The van der Waals surface area contributed by atoms with E-state index in [1.165, 1.54) is 0 Å². The van der Waals surface area contributed by atoms with Crippen molar-refractivity contribution in [3.8, 4) is 5.75 Å². The van der Waals surface area contributed by atoms with Crippen LogP contribution in [0.5, 0.6) is 5.75 Å². The molecular weight excluding hydrogens is 338 g/mol. The fourth-order valence-corrected chi connectivity index (χ4v) is 3.90. The number of nitrogens with one attached hydrogen (secondary N) is 1. The maximum Gasteiger partial charge on any atom is 0.258 e. The third-order valence-electron chi connectivity index (χ3n) is 5.16. The Labute approximate surface area is 160 Å². The number of carbonyl (C=O) groups excluding carboxylic acids is 2. The molecule has 1 N–H and O–H groups in total. The van der Waals surface area contributed by atoms with Crippen LogP contribution in [-0.4, -0.2) is 18.3 Å². The van der Waals surface area contributed by atoms with E-state index < -0.39 is 0 Å². The summed E-state index contributed by atoms with van der Waals surface area (Å²) in [5.41, 5.74) is 3.91. The van der Waals surface area contributed by atoms with Crippen molar-refractivity contribution < 1.29 is 14.3 Å². The standard InChI is InChI=1S/C23H27NO3/c1-4-8-18(17-9-6-5-7-10-17)24-21(26)14-27-20-12-11-15(2)22-16(3)13-19(25)23(20)22/h5-7,9-12,16,18H,4,8,13-14H2,1-3H3,(H,24,26)/t16-,18+/m1/s1. The number of fused-ring (bicyclic) bond motifs is 1. The summed E-state index contributed by atoms with van der Waals surface area (Å²) in [6.45, 7) is 6.08. The Hall–Kier alpha value is -2.62. The Bertz CT molecular complexity index is 829. The molecule has 2 atom stereocenters. The second-order valence-corrected chi connectivity index (χ2v) is 7.31. The van der Waals surface area contributed by atoms with Crippen LogP contribution in [0.4, 0.5) is 0 Å². The average molecular weight is 365 g/mol. The molecule has 0 aromatic heterocycles. The van der Waals surface area contributed by atoms with Gasteiger partial charge in [0.2, 0.25) is 0 Å². The molecule has 4 heteroatoms. The topological polar surface area (TPSA) is 55.4 Å². The number of aryl methyl sites for hydroxylation is 1. The van der Waals surface area contributed by atoms with Crippen molar-refractivity contribution >= 4 is 11.7 Å². The Morgan fingerprint density at radius 1 is 1.22 bits per heavy atom. The molecule has 0 saturated carbocycles. The molecule has 1 aliphatic carbocycles. The Morgan fingerprint density at radius 2 is 1.96 bits per heavy atom. The van der Waals surface area contributed by atoms with Crippen LogP contribution in [0.1, 0.15) is 72.1 Å². The molecule has 4 nitrogen and oxygen atoms in total. The Kier molecular flexibility index (Phi) is 5.94. The molecule has 0 spiro atoms. The molecule has 142 valence electrons. The van der Waals surface area contributed by atoms with Gasteiger partial charge in [-0.05, 0) is 42.0 Å². The zero-order valence-corrected chi connectivity index (χ0v) is 16.2. The summed E-state index contributed by atoms with van der Waals surface area (Å²) in [5.74, 6) is 0.652. The van der Waals surface area contributed by atoms with Crippen molar-refractivity contribution in [3.05, 3.63) is 64.7 Å². The Morgan fingerprint density at radius 3 is 2.67 bits per heavy atom. The zero-order valence-electron chi connectivity index (χ0n) is 16.2. The van der Waals surface area contributed by atoms with Gasteiger partial charge in [0.05, 0.1) is 11.6 Å². The number of rotatable bonds is 7. The third-order valence-corrected chi connectivity index (χ3v) is 5.16. The van der Waals surface area contributed by atoms with Gasteiger partial charge in [-0.25, -0.2) is 0 Å². The normalized spacial score (nSPS) is 16.7. The van der Waals surface area contributed by atoms with E-state index in [0.717, 1.165) is 29.5 Å². The summed E-state index contributed by atoms with van der Waals surface area (Å²) in [6.07, 6.45) is 2.35. The third kappa shape index (κ3) is 4.21. The molecule has 2 aromatic rings. The molecule has 3 rings (SSSR count). The van der Waals surface area contributed by atoms with Crippen molar-refractivity contribution in [2.45, 2.75) is 52.0 Å². The van der Waals surface area contributed by atoms with Gasteiger partial charge in [0.1, 0.15) is 5.75 Å². The second kappa shape index (κ2) is 8.38. The van der Waals surface area contributed by atoms with Gasteiger partial charge in [0.15, 0.2) is 12.4 Å². The monoisotopic (exact) mass is 365 g/mol. The number of benzene rings is 2. The van der Waals surface area contributed by atoms with Crippen LogP contribution in [0.15, 0.2) is 42.5 Å². The molecule has 27 heavy (non-hydrogen) atoms. The van der Waals surface area contributed by atoms with E-state index in [9.17, 15) is 9.59 Å². The predicted octanol–water partition coefficient (Wildman–Crippen LogP) is 4.72. The van der Waals surface area contributed by atoms with Crippen LogP contribution >= 0.6 is 0 Å². The van der Waals surface area contributed by atoms with Gasteiger partial charge < -0.3 is 10.1 Å². The summed E-state index contributed by atoms with van der Waals surface area (Å²) in [4.78, 5) is 24.8. The largest absolute Gasteiger partial charge is 0.483 e. The van der Waals surface area contributed by atoms with E-state index in [-0.39, 0.29) is 30.3 Å². The average Bonchev–Trinajstić information content (AvgIpc) is 2.97. The first-order valence-electron chi connectivity index (χ1n) is 9.65. The maximum atomic E-state index is 12.5. The number of hydrogen-bond donors (Lipinski definition) is 1. The van der Waals surface area contributed by atoms with Crippen LogP contribution < -0.4 is 10.1 Å². The lowest BCUT2D eigenvalue weighted by molar-refractivity contribution is -0.123. The van der Waals surface area contributed by atoms with Crippen LogP contribution in [0.3, 0.4) is 0 Å². The Balaban J connectivity index is 1.69. The molecule has 0 aliphatic heterocycles. The van der Waals surface area contributed by atoms with Crippen molar-refractivity contribution in [2.24, 2.45) is 0 Å². The lowest BCUT2D eigenvalue weighted by atomic mass is 9.97. The van der Waals surface area contributed by atoms with Gasteiger partial charge in [-0.15, -0.1) is 0 Å². The van der Waals surface area contributed by atoms with Crippen LogP contribution in [0.25, 0.3) is 0 Å². The van der Waals surface area contributed by atoms with Crippen molar-refractivity contribution in [1.82, 2.24) is 5.32 Å². The predicted molar refractivity (Wildman–Crippen MR) is 106 cm³/mol. The number of Topliss-reactive ketones (excluding diaryl/α,β-unsaturated/α-hetero) is 1. The van der Waals surface area contributed by atoms with Gasteiger partial charge in [0, 0.05) is 6.42 Å². The van der Waals surface area contributed by atoms with E-state index in [1.54, 1.807) is 6.07 Å². The highest BCUT2D eigenvalue weighted by Gasteiger charge is 2.31. The lowest BCUT2D eigenvalue weighted by Crippen LogP contribution is -2.32. The molecule has 0 heterocycles. The summed E-state index contributed by atoms with van der Waals surface area (Å²) in [7, 11) is 0. The number of ether oxygens (including phenoxy) is 1. The van der Waals surface area contributed by atoms with Crippen LogP contribution in [0, 0.1) is 6.92 Å². The molecule has 0 unspecified atom stereocenters. The number of amides is 1. The number of carbonyl (C=O) groups is 2. The van der Waals surface area contributed by atoms with Crippen molar-refractivity contribution in [1.29, 1.82) is 0 Å². The first-order valence-corrected chi connectivity index (χ1v) is 9.65. The van der Waals surface area contributed by atoms with Crippen LogP contribution in [0.2, 0.25) is 0 Å². The van der Waals surface area contributed by atoms with Crippen LogP contribution in [-0.2, 0) is 4.79 Å². The van der Waals surface area contributed by atoms with Gasteiger partial charge in [-0.3, -0.25) is 9.59 Å².